The summed E-state index contributed by atoms with van der Waals surface area (Å²) in [6, 6.07) is 1.26. The number of fused-ring (bicyclic) bond motifs is 1. The lowest BCUT2D eigenvalue weighted by Crippen LogP contribution is -2.54. The largest absolute Gasteiger partial charge is 0.295 e. The van der Waals surface area contributed by atoms with Gasteiger partial charge in [0.2, 0.25) is 11.8 Å². The van der Waals surface area contributed by atoms with Gasteiger partial charge in [0.05, 0.1) is 11.1 Å². The summed E-state index contributed by atoms with van der Waals surface area (Å²) in [5.74, 6) is -3.06. The van der Waals surface area contributed by atoms with E-state index in [2.05, 4.69) is 5.32 Å². The van der Waals surface area contributed by atoms with Crippen LogP contribution in [0.25, 0.3) is 0 Å². The lowest BCUT2D eigenvalue weighted by atomic mass is 10.0. The highest BCUT2D eigenvalue weighted by Gasteiger charge is 2.44. The molecule has 0 saturated carbocycles. The fourth-order valence-corrected chi connectivity index (χ4v) is 2.93. The lowest BCUT2D eigenvalue weighted by molar-refractivity contribution is -0.136. The molecule has 2 heterocycles. The standard InChI is InChI=1S/C13H8FIN2O4/c14-7-3-5-6(4-8(7)15)13(21)17(12(5)20)9-1-2-10(18)16-11(9)19/h3-4,9H,1-2H2,(H,16,18,19)/t9-/m0/s1. The summed E-state index contributed by atoms with van der Waals surface area (Å²) in [7, 11) is 0. The predicted molar refractivity (Wildman–Crippen MR) is 75.8 cm³/mol. The first-order valence-corrected chi connectivity index (χ1v) is 7.18. The van der Waals surface area contributed by atoms with Crippen molar-refractivity contribution in [2.75, 3.05) is 0 Å². The number of nitrogens with zero attached hydrogens (tertiary/aromatic N) is 1. The number of carbonyl (C=O) groups excluding carboxylic acids is 4. The molecular weight excluding hydrogens is 394 g/mol. The van der Waals surface area contributed by atoms with Gasteiger partial charge in [-0.3, -0.25) is 29.4 Å². The topological polar surface area (TPSA) is 83.6 Å². The summed E-state index contributed by atoms with van der Waals surface area (Å²) in [6.07, 6.45) is 0.130. The number of carbonyl (C=O) groups is 4. The minimum atomic E-state index is -1.03. The first-order chi connectivity index (χ1) is 9.90. The average molecular weight is 402 g/mol. The van der Waals surface area contributed by atoms with Gasteiger partial charge in [-0.15, -0.1) is 0 Å². The number of hydrogen-bond donors (Lipinski definition) is 1. The zero-order valence-corrected chi connectivity index (χ0v) is 12.6. The Hall–Kier alpha value is -1.84. The Kier molecular flexibility index (Phi) is 3.27. The number of rotatable bonds is 1. The molecule has 0 aromatic heterocycles. The van der Waals surface area contributed by atoms with E-state index in [4.69, 9.17) is 0 Å². The van der Waals surface area contributed by atoms with Crippen LogP contribution in [-0.2, 0) is 9.59 Å². The molecule has 1 fully saturated rings. The van der Waals surface area contributed by atoms with Gasteiger partial charge in [0.15, 0.2) is 0 Å². The quantitative estimate of drug-likeness (QED) is 0.558. The van der Waals surface area contributed by atoms with Crippen LogP contribution in [0.15, 0.2) is 12.1 Å². The monoisotopic (exact) mass is 402 g/mol. The Labute approximate surface area is 131 Å². The minimum absolute atomic E-state index is 0.0513. The fourth-order valence-electron chi connectivity index (χ4n) is 2.46. The van der Waals surface area contributed by atoms with Crippen LogP contribution in [0.3, 0.4) is 0 Å². The van der Waals surface area contributed by atoms with E-state index in [1.807, 2.05) is 0 Å². The molecule has 2 aliphatic rings. The van der Waals surface area contributed by atoms with Gasteiger partial charge in [0.1, 0.15) is 11.9 Å². The van der Waals surface area contributed by atoms with Crippen molar-refractivity contribution in [2.45, 2.75) is 18.9 Å². The average Bonchev–Trinajstić information content (AvgIpc) is 2.64. The molecule has 2 aliphatic heterocycles. The number of benzene rings is 1. The van der Waals surface area contributed by atoms with E-state index in [0.29, 0.717) is 0 Å². The second-order valence-corrected chi connectivity index (χ2v) is 5.92. The Balaban J connectivity index is 2.00. The molecule has 6 nitrogen and oxygen atoms in total. The van der Waals surface area contributed by atoms with Crippen LogP contribution in [0.2, 0.25) is 0 Å². The van der Waals surface area contributed by atoms with Crippen molar-refractivity contribution in [3.63, 3.8) is 0 Å². The maximum absolute atomic E-state index is 13.6. The summed E-state index contributed by atoms with van der Waals surface area (Å²) in [6.45, 7) is 0. The normalized spacial score (nSPS) is 21.6. The summed E-state index contributed by atoms with van der Waals surface area (Å²) in [4.78, 5) is 48.3. The van der Waals surface area contributed by atoms with E-state index in [1.54, 1.807) is 22.6 Å². The molecule has 108 valence electrons. The molecule has 1 N–H and O–H groups in total. The van der Waals surface area contributed by atoms with Crippen molar-refractivity contribution >= 4 is 46.2 Å². The smallest absolute Gasteiger partial charge is 0.262 e. The van der Waals surface area contributed by atoms with Gasteiger partial charge >= 0.3 is 0 Å². The van der Waals surface area contributed by atoms with Gasteiger partial charge in [0, 0.05) is 9.99 Å². The third kappa shape index (κ3) is 2.13. The van der Waals surface area contributed by atoms with Gasteiger partial charge in [-0.05, 0) is 41.1 Å². The molecule has 1 aromatic carbocycles. The van der Waals surface area contributed by atoms with Crippen molar-refractivity contribution in [2.24, 2.45) is 0 Å². The molecule has 21 heavy (non-hydrogen) atoms. The molecule has 3 rings (SSSR count). The van der Waals surface area contributed by atoms with Crippen molar-refractivity contribution < 1.29 is 23.6 Å². The number of halogens is 2. The van der Waals surface area contributed by atoms with Crippen LogP contribution in [-0.4, -0.2) is 34.6 Å². The summed E-state index contributed by atoms with van der Waals surface area (Å²) < 4.78 is 13.8. The van der Waals surface area contributed by atoms with Crippen molar-refractivity contribution in [1.29, 1.82) is 0 Å². The molecule has 1 saturated heterocycles. The van der Waals surface area contributed by atoms with Crippen LogP contribution in [0.4, 0.5) is 4.39 Å². The van der Waals surface area contributed by atoms with Gasteiger partial charge < -0.3 is 0 Å². The van der Waals surface area contributed by atoms with E-state index >= 15 is 0 Å². The Morgan fingerprint density at radius 2 is 1.76 bits per heavy atom. The van der Waals surface area contributed by atoms with E-state index < -0.39 is 35.5 Å². The lowest BCUT2D eigenvalue weighted by Gasteiger charge is -2.27. The highest BCUT2D eigenvalue weighted by atomic mass is 127. The molecule has 0 spiro atoms. The van der Waals surface area contributed by atoms with E-state index in [0.717, 1.165) is 11.0 Å². The zero-order valence-electron chi connectivity index (χ0n) is 10.5. The number of hydrogen-bond acceptors (Lipinski definition) is 4. The third-order valence-corrected chi connectivity index (χ3v) is 4.31. The second kappa shape index (κ2) is 4.86. The predicted octanol–water partition coefficient (Wildman–Crippen LogP) is 0.832. The van der Waals surface area contributed by atoms with Crippen molar-refractivity contribution in [3.8, 4) is 0 Å². The summed E-state index contributed by atoms with van der Waals surface area (Å²) in [5, 5.41) is 2.10. The molecular formula is C13H8FIN2O4. The maximum atomic E-state index is 13.6. The number of imide groups is 2. The maximum Gasteiger partial charge on any atom is 0.262 e. The molecule has 0 unspecified atom stereocenters. The van der Waals surface area contributed by atoms with Gasteiger partial charge in [0.25, 0.3) is 11.8 Å². The highest BCUT2D eigenvalue weighted by molar-refractivity contribution is 14.1. The molecule has 4 amide bonds. The molecule has 1 atom stereocenters. The molecule has 1 aromatic rings. The summed E-state index contributed by atoms with van der Waals surface area (Å²) >= 11 is 1.72. The van der Waals surface area contributed by atoms with Crippen LogP contribution in [0.1, 0.15) is 33.6 Å². The van der Waals surface area contributed by atoms with E-state index in [9.17, 15) is 23.6 Å². The number of amides is 4. The van der Waals surface area contributed by atoms with Crippen molar-refractivity contribution in [1.82, 2.24) is 10.2 Å². The Bertz CT molecular complexity index is 677. The SMILES string of the molecule is O=C1CC[C@H](N2C(=O)c3cc(F)c(I)cc3C2=O)C(=O)N1. The van der Waals surface area contributed by atoms with Crippen LogP contribution < -0.4 is 5.32 Å². The zero-order chi connectivity index (χ0) is 15.3. The number of nitrogens with one attached hydrogen (secondary N) is 1. The first kappa shape index (κ1) is 14.1. The van der Waals surface area contributed by atoms with E-state index in [-0.39, 0.29) is 27.5 Å². The van der Waals surface area contributed by atoms with Crippen molar-refractivity contribution in [3.05, 3.63) is 32.6 Å². The number of piperidine rings is 1. The van der Waals surface area contributed by atoms with Crippen LogP contribution >= 0.6 is 22.6 Å². The van der Waals surface area contributed by atoms with Crippen LogP contribution in [0, 0.1) is 9.39 Å². The van der Waals surface area contributed by atoms with E-state index in [1.165, 1.54) is 6.07 Å². The molecule has 0 bridgehead atoms. The third-order valence-electron chi connectivity index (χ3n) is 3.48. The van der Waals surface area contributed by atoms with Crippen LogP contribution in [0.5, 0.6) is 0 Å². The van der Waals surface area contributed by atoms with Gasteiger partial charge in [-0.25, -0.2) is 4.39 Å². The van der Waals surface area contributed by atoms with Gasteiger partial charge in [-0.1, -0.05) is 0 Å². The molecule has 0 aliphatic carbocycles. The minimum Gasteiger partial charge on any atom is -0.295 e. The van der Waals surface area contributed by atoms with Gasteiger partial charge in [-0.2, -0.15) is 0 Å². The molecule has 0 radical (unpaired) electrons. The second-order valence-electron chi connectivity index (χ2n) is 4.76. The fraction of sp³-hybridized carbons (Fsp3) is 0.231. The Morgan fingerprint density at radius 3 is 2.38 bits per heavy atom. The summed E-state index contributed by atoms with van der Waals surface area (Å²) in [5.41, 5.74) is 0.0260. The highest BCUT2D eigenvalue weighted by Crippen LogP contribution is 2.29. The first-order valence-electron chi connectivity index (χ1n) is 6.11. The molecule has 8 heteroatoms. The Morgan fingerprint density at radius 1 is 1.14 bits per heavy atom.